The average molecular weight is 672 g/mol. The van der Waals surface area contributed by atoms with Crippen molar-refractivity contribution in [3.8, 4) is 28.0 Å². The van der Waals surface area contributed by atoms with Crippen molar-refractivity contribution in [2.75, 3.05) is 38.3 Å². The Hall–Kier alpha value is -5.06. The monoisotopic (exact) mass is 671 g/mol. The molecule has 1 unspecified atom stereocenters. The van der Waals surface area contributed by atoms with E-state index in [-0.39, 0.29) is 5.41 Å². The van der Waals surface area contributed by atoms with Crippen LogP contribution in [0.15, 0.2) is 127 Å². The number of rotatable bonds is 7. The summed E-state index contributed by atoms with van der Waals surface area (Å²) >= 11 is 0. The Bertz CT molecular complexity index is 2220. The molecule has 5 aromatic carbocycles. The Labute approximate surface area is 301 Å². The first-order chi connectivity index (χ1) is 25.1. The third-order valence-corrected chi connectivity index (χ3v) is 12.1. The van der Waals surface area contributed by atoms with Crippen LogP contribution >= 0.6 is 0 Å². The van der Waals surface area contributed by atoms with Crippen LogP contribution in [0.25, 0.3) is 39.1 Å². The van der Waals surface area contributed by atoms with Gasteiger partial charge in [-0.3, -0.25) is 0 Å². The van der Waals surface area contributed by atoms with E-state index in [1.54, 1.807) is 7.11 Å². The summed E-state index contributed by atoms with van der Waals surface area (Å²) in [7, 11) is 1.76. The maximum Gasteiger partial charge on any atom is 0.174 e. The minimum absolute atomic E-state index is 0.0989. The molecule has 0 spiro atoms. The number of hydrogen-bond donors (Lipinski definition) is 0. The predicted octanol–water partition coefficient (Wildman–Crippen LogP) is 11.0. The van der Waals surface area contributed by atoms with Crippen molar-refractivity contribution in [3.63, 3.8) is 0 Å². The molecule has 0 amide bonds. The minimum atomic E-state index is -0.777. The van der Waals surface area contributed by atoms with Gasteiger partial charge in [0.25, 0.3) is 0 Å². The highest BCUT2D eigenvalue weighted by atomic mass is 16.5. The van der Waals surface area contributed by atoms with Crippen LogP contribution in [0.2, 0.25) is 0 Å². The predicted molar refractivity (Wildman–Crippen MR) is 209 cm³/mol. The zero-order valence-corrected chi connectivity index (χ0v) is 29.9. The third kappa shape index (κ3) is 4.91. The molecule has 4 heteroatoms. The summed E-state index contributed by atoms with van der Waals surface area (Å²) in [5.74, 6) is 1.98. The quantitative estimate of drug-likeness (QED) is 0.172. The molecule has 2 aliphatic carbocycles. The standard InChI is InChI=1S/C47H45NO3/c1-4-46(5-2)42-14-10-9-13-39(42)43-38-24-21-36(48-27-29-50-30-28-48)31-41(38)45-40(44(43)46)25-26-47(51-45,35-19-22-37(49-3)23-20-35)34-17-15-33(16-18-34)32-11-7-6-8-12-32/h6-19,21-22,24-26,31H,4-5,20,23,27-30H2,1-3H3. The molecule has 2 heterocycles. The molecule has 1 fully saturated rings. The topological polar surface area (TPSA) is 30.9 Å². The Morgan fingerprint density at radius 2 is 1.51 bits per heavy atom. The zero-order valence-electron chi connectivity index (χ0n) is 29.9. The summed E-state index contributed by atoms with van der Waals surface area (Å²) in [6.07, 6.45) is 12.8. The second-order valence-electron chi connectivity index (χ2n) is 14.3. The molecule has 4 nitrogen and oxygen atoms in total. The number of nitrogens with zero attached hydrogens (tertiary/aromatic N) is 1. The van der Waals surface area contributed by atoms with E-state index in [4.69, 9.17) is 14.2 Å². The van der Waals surface area contributed by atoms with Gasteiger partial charge < -0.3 is 19.1 Å². The lowest BCUT2D eigenvalue weighted by Gasteiger charge is -2.41. The fourth-order valence-corrected chi connectivity index (χ4v) is 9.32. The van der Waals surface area contributed by atoms with Gasteiger partial charge in [0, 0.05) is 47.1 Å². The lowest BCUT2D eigenvalue weighted by Crippen LogP contribution is -2.37. The second kappa shape index (κ2) is 12.6. The fourth-order valence-electron chi connectivity index (χ4n) is 9.32. The normalized spacial score (nSPS) is 20.2. The van der Waals surface area contributed by atoms with Crippen molar-refractivity contribution >= 4 is 22.5 Å². The molecule has 2 aliphatic heterocycles. The van der Waals surface area contributed by atoms with Gasteiger partial charge in [-0.1, -0.05) is 111 Å². The van der Waals surface area contributed by atoms with Gasteiger partial charge in [0.05, 0.1) is 26.1 Å². The summed E-state index contributed by atoms with van der Waals surface area (Å²) in [5, 5.41) is 2.43. The van der Waals surface area contributed by atoms with Crippen molar-refractivity contribution in [2.45, 2.75) is 50.5 Å². The van der Waals surface area contributed by atoms with Crippen molar-refractivity contribution in [3.05, 3.63) is 149 Å². The maximum absolute atomic E-state index is 7.75. The number of allylic oxidation sites excluding steroid dienone is 3. The first-order valence-corrected chi connectivity index (χ1v) is 18.7. The van der Waals surface area contributed by atoms with E-state index in [0.717, 1.165) is 69.1 Å². The van der Waals surface area contributed by atoms with Gasteiger partial charge in [0.2, 0.25) is 0 Å². The zero-order chi connectivity index (χ0) is 34.6. The van der Waals surface area contributed by atoms with Crippen molar-refractivity contribution in [1.29, 1.82) is 0 Å². The highest BCUT2D eigenvalue weighted by Crippen LogP contribution is 2.60. The number of morpholine rings is 1. The summed E-state index contributed by atoms with van der Waals surface area (Å²) in [6.45, 7) is 7.97. The summed E-state index contributed by atoms with van der Waals surface area (Å²) in [5.41, 5.74) is 11.9. The van der Waals surface area contributed by atoms with E-state index < -0.39 is 5.60 Å². The van der Waals surface area contributed by atoms with Gasteiger partial charge >= 0.3 is 0 Å². The van der Waals surface area contributed by atoms with Crippen molar-refractivity contribution in [2.24, 2.45) is 0 Å². The number of ether oxygens (including phenoxy) is 3. The number of hydrogen-bond acceptors (Lipinski definition) is 4. The molecule has 256 valence electrons. The summed E-state index contributed by atoms with van der Waals surface area (Å²) < 4.78 is 19.2. The molecular formula is C47H45NO3. The lowest BCUT2D eigenvalue weighted by molar-refractivity contribution is 0.122. The van der Waals surface area contributed by atoms with Crippen LogP contribution < -0.4 is 9.64 Å². The van der Waals surface area contributed by atoms with Gasteiger partial charge in [-0.05, 0) is 87.9 Å². The van der Waals surface area contributed by atoms with Crippen LogP contribution in [-0.4, -0.2) is 33.4 Å². The molecule has 4 aliphatic rings. The maximum atomic E-state index is 7.75. The van der Waals surface area contributed by atoms with Crippen molar-refractivity contribution in [1.82, 2.24) is 0 Å². The highest BCUT2D eigenvalue weighted by molar-refractivity contribution is 6.09. The Morgan fingerprint density at radius 3 is 2.24 bits per heavy atom. The Kier molecular flexibility index (Phi) is 7.89. The van der Waals surface area contributed by atoms with Crippen LogP contribution in [0.1, 0.15) is 61.8 Å². The molecule has 1 atom stereocenters. The first kappa shape index (κ1) is 31.9. The second-order valence-corrected chi connectivity index (χ2v) is 14.3. The Balaban J connectivity index is 1.30. The largest absolute Gasteiger partial charge is 0.501 e. The van der Waals surface area contributed by atoms with Crippen molar-refractivity contribution < 1.29 is 14.2 Å². The van der Waals surface area contributed by atoms with Gasteiger partial charge in [-0.15, -0.1) is 0 Å². The van der Waals surface area contributed by atoms with Crippen LogP contribution in [0.5, 0.6) is 5.75 Å². The van der Waals surface area contributed by atoms with E-state index in [9.17, 15) is 0 Å². The number of methoxy groups -OCH3 is 1. The minimum Gasteiger partial charge on any atom is -0.501 e. The summed E-state index contributed by atoms with van der Waals surface area (Å²) in [4.78, 5) is 2.45. The van der Waals surface area contributed by atoms with Gasteiger partial charge in [-0.2, -0.15) is 0 Å². The molecule has 0 bridgehead atoms. The third-order valence-electron chi connectivity index (χ3n) is 12.1. The molecule has 0 radical (unpaired) electrons. The first-order valence-electron chi connectivity index (χ1n) is 18.7. The van der Waals surface area contributed by atoms with Crippen LogP contribution in [0.3, 0.4) is 0 Å². The van der Waals surface area contributed by atoms with Gasteiger partial charge in [-0.25, -0.2) is 0 Å². The summed E-state index contributed by atoms with van der Waals surface area (Å²) in [6, 6.07) is 35.8. The highest BCUT2D eigenvalue weighted by Gasteiger charge is 2.47. The van der Waals surface area contributed by atoms with Crippen LogP contribution in [0.4, 0.5) is 5.69 Å². The molecule has 1 saturated heterocycles. The molecule has 9 rings (SSSR count). The van der Waals surface area contributed by atoms with E-state index >= 15 is 0 Å². The smallest absolute Gasteiger partial charge is 0.174 e. The molecule has 0 saturated carbocycles. The van der Waals surface area contributed by atoms with E-state index in [2.05, 4.69) is 140 Å². The molecule has 5 aromatic rings. The number of anilines is 1. The number of benzene rings is 5. The lowest BCUT2D eigenvalue weighted by atomic mass is 9.70. The molecule has 51 heavy (non-hydrogen) atoms. The molecule has 0 N–H and O–H groups in total. The average Bonchev–Trinajstić information content (AvgIpc) is 3.52. The van der Waals surface area contributed by atoms with Gasteiger partial charge in [0.1, 0.15) is 5.75 Å². The Morgan fingerprint density at radius 1 is 0.765 bits per heavy atom. The molecule has 0 aromatic heterocycles. The van der Waals surface area contributed by atoms with E-state index in [1.807, 2.05) is 0 Å². The van der Waals surface area contributed by atoms with Crippen LogP contribution in [-0.2, 0) is 20.5 Å². The van der Waals surface area contributed by atoms with Crippen LogP contribution in [0, 0.1) is 0 Å². The fraction of sp³-hybridized carbons (Fsp3) is 0.277. The van der Waals surface area contributed by atoms with Gasteiger partial charge in [0.15, 0.2) is 5.60 Å². The van der Waals surface area contributed by atoms with E-state index in [0.29, 0.717) is 0 Å². The number of fused-ring (bicyclic) bond motifs is 8. The SMILES string of the molecule is CCC1(CC)c2ccccc2-c2c1c1c(c3cc(N4CCOCC4)ccc23)OC(C2=CC=C(OC)CC2)(c2ccc(-c3ccccc3)cc2)C=C1. The van der Waals surface area contributed by atoms with E-state index in [1.165, 1.54) is 61.0 Å². The molecular weight excluding hydrogens is 627 g/mol.